The topological polar surface area (TPSA) is 136 Å². The van der Waals surface area contributed by atoms with E-state index in [1.165, 1.54) is 31.5 Å². The number of anilines is 1. The Kier molecular flexibility index (Phi) is 10.7. The van der Waals surface area contributed by atoms with Crippen molar-refractivity contribution in [2.45, 2.75) is 37.8 Å². The van der Waals surface area contributed by atoms with E-state index in [2.05, 4.69) is 11.0 Å². The number of aromatic nitrogens is 1. The third kappa shape index (κ3) is 7.46. The molecule has 3 saturated heterocycles. The van der Waals surface area contributed by atoms with Crippen molar-refractivity contribution in [2.75, 3.05) is 38.8 Å². The standard InChI is InChI=1S/C36H34Cl2N4O7S/c1-47-31-7-6-23(13-32(31)48-2)26(15-28-29(37)18-41(46)19-30(28)38)27-14-25(50-34(27)35(43)44)17-42(24-5-3-4-21(12-24)16-39)36(45)49-33-20-40-10-8-22(33)9-11-40/h3-7,12-14,18-19,22,26,33H,8-11,15,17,20H2,1-2H3,(H-,43,44,46)/p+1/t26-,33-/m0/s1. The van der Waals surface area contributed by atoms with Gasteiger partial charge in [-0.3, -0.25) is 15.0 Å². The number of carboxylic acids is 1. The second-order valence-electron chi connectivity index (χ2n) is 12.3. The molecule has 7 rings (SSSR count). The number of aromatic carboxylic acids is 1. The molecule has 3 fully saturated rings. The maximum Gasteiger partial charge on any atom is 0.414 e. The lowest BCUT2D eigenvalue weighted by molar-refractivity contribution is -0.904. The fourth-order valence-electron chi connectivity index (χ4n) is 6.78. The summed E-state index contributed by atoms with van der Waals surface area (Å²) in [6.07, 6.45) is 3.88. The van der Waals surface area contributed by atoms with Gasteiger partial charge in [0.15, 0.2) is 11.5 Å². The minimum absolute atomic E-state index is 0.00419. The van der Waals surface area contributed by atoms with Gasteiger partial charge < -0.3 is 19.3 Å². The van der Waals surface area contributed by atoms with Gasteiger partial charge in [-0.1, -0.05) is 35.3 Å². The largest absolute Gasteiger partial charge is 0.493 e. The van der Waals surface area contributed by atoms with Crippen molar-refractivity contribution >= 4 is 52.3 Å². The molecule has 11 nitrogen and oxygen atoms in total. The molecule has 0 saturated carbocycles. The van der Waals surface area contributed by atoms with Crippen LogP contribution in [0.15, 0.2) is 60.9 Å². The van der Waals surface area contributed by atoms with E-state index >= 15 is 0 Å². The Labute approximate surface area is 303 Å². The highest BCUT2D eigenvalue weighted by Crippen LogP contribution is 2.41. The molecule has 3 aliphatic heterocycles. The molecule has 0 aliphatic carbocycles. The Morgan fingerprint density at radius 3 is 2.42 bits per heavy atom. The minimum Gasteiger partial charge on any atom is -0.493 e. The quantitative estimate of drug-likeness (QED) is 0.126. The highest BCUT2D eigenvalue weighted by Gasteiger charge is 2.38. The van der Waals surface area contributed by atoms with Crippen molar-refractivity contribution in [3.05, 3.63) is 103 Å². The van der Waals surface area contributed by atoms with Gasteiger partial charge in [0.2, 0.25) is 12.4 Å². The lowest BCUT2D eigenvalue weighted by atomic mass is 9.85. The molecule has 2 atom stereocenters. The minimum atomic E-state index is -1.15. The number of amides is 1. The fraction of sp³-hybridized carbons (Fsp3) is 0.333. The summed E-state index contributed by atoms with van der Waals surface area (Å²) in [5.74, 6) is -0.534. The molecule has 0 spiro atoms. The van der Waals surface area contributed by atoms with Crippen LogP contribution in [-0.2, 0) is 17.7 Å². The van der Waals surface area contributed by atoms with Crippen LogP contribution in [-0.4, -0.2) is 67.2 Å². The van der Waals surface area contributed by atoms with Gasteiger partial charge in [0.1, 0.15) is 21.0 Å². The summed E-state index contributed by atoms with van der Waals surface area (Å²) in [6.45, 7) is 2.64. The molecule has 0 unspecified atom stereocenters. The van der Waals surface area contributed by atoms with Crippen LogP contribution < -0.4 is 19.1 Å². The van der Waals surface area contributed by atoms with E-state index in [1.54, 1.807) is 42.5 Å². The van der Waals surface area contributed by atoms with Gasteiger partial charge in [0.05, 0.1) is 32.4 Å². The van der Waals surface area contributed by atoms with Gasteiger partial charge in [-0.25, -0.2) is 9.59 Å². The zero-order valence-electron chi connectivity index (χ0n) is 27.3. The Morgan fingerprint density at radius 2 is 1.80 bits per heavy atom. The van der Waals surface area contributed by atoms with Crippen molar-refractivity contribution in [1.82, 2.24) is 4.90 Å². The van der Waals surface area contributed by atoms with E-state index < -0.39 is 18.0 Å². The molecule has 3 aliphatic rings. The van der Waals surface area contributed by atoms with Crippen molar-refractivity contribution in [2.24, 2.45) is 5.92 Å². The van der Waals surface area contributed by atoms with Gasteiger partial charge in [0.25, 0.3) is 0 Å². The molecule has 2 N–H and O–H groups in total. The third-order valence-electron chi connectivity index (χ3n) is 9.34. The van der Waals surface area contributed by atoms with Gasteiger partial charge in [-0.2, -0.15) is 5.26 Å². The van der Waals surface area contributed by atoms with Gasteiger partial charge in [0, 0.05) is 33.3 Å². The number of pyridine rings is 1. The first-order chi connectivity index (χ1) is 24.1. The van der Waals surface area contributed by atoms with E-state index in [1.807, 2.05) is 6.07 Å². The average Bonchev–Trinajstić information content (AvgIpc) is 3.54. The van der Waals surface area contributed by atoms with Crippen LogP contribution in [0.1, 0.15) is 55.6 Å². The first-order valence-electron chi connectivity index (χ1n) is 15.9. The van der Waals surface area contributed by atoms with Crippen LogP contribution in [0.5, 0.6) is 11.5 Å². The highest BCUT2D eigenvalue weighted by atomic mass is 35.5. The SMILES string of the molecule is COc1ccc([C@H](Cc2c(Cl)c[n+](O)cc2Cl)c2cc(CN(C(=O)O[C@H]3CN4CCC3CC4)c3cccc(C#N)c3)sc2C(=O)O)cc1OC. The molecule has 260 valence electrons. The first-order valence-corrected chi connectivity index (χ1v) is 17.5. The molecule has 5 heterocycles. The number of piperidine rings is 3. The maximum absolute atomic E-state index is 14.0. The number of ether oxygens (including phenoxy) is 3. The molecule has 2 aromatic carbocycles. The molecule has 0 radical (unpaired) electrons. The summed E-state index contributed by atoms with van der Waals surface area (Å²) >= 11 is 14.2. The van der Waals surface area contributed by atoms with E-state index in [0.717, 1.165) is 42.0 Å². The summed E-state index contributed by atoms with van der Waals surface area (Å²) in [4.78, 5) is 31.2. The number of carbonyl (C=O) groups excluding carboxylic acids is 1. The molecule has 4 aromatic rings. The lowest BCUT2D eigenvalue weighted by Gasteiger charge is -2.44. The number of methoxy groups -OCH3 is 2. The molecule has 2 bridgehead atoms. The number of nitrogens with zero attached hydrogens (tertiary/aromatic N) is 4. The number of carboxylic acid groups (broad SMARTS) is 1. The molecule has 1 amide bonds. The lowest BCUT2D eigenvalue weighted by Crippen LogP contribution is -2.53. The summed E-state index contributed by atoms with van der Waals surface area (Å²) in [7, 11) is 3.04. The van der Waals surface area contributed by atoms with Gasteiger partial charge >= 0.3 is 12.1 Å². The number of carbonyl (C=O) groups is 2. The van der Waals surface area contributed by atoms with Crippen molar-refractivity contribution in [3.8, 4) is 17.6 Å². The second-order valence-corrected chi connectivity index (χ2v) is 14.2. The summed E-state index contributed by atoms with van der Waals surface area (Å²) in [6, 6.07) is 15.9. The first kappa shape index (κ1) is 35.3. The third-order valence-corrected chi connectivity index (χ3v) is 11.1. The van der Waals surface area contributed by atoms with Crippen LogP contribution in [0.25, 0.3) is 0 Å². The number of hydrogen-bond donors (Lipinski definition) is 2. The number of nitriles is 1. The second kappa shape index (κ2) is 15.1. The Bertz CT molecular complexity index is 1930. The van der Waals surface area contributed by atoms with Crippen LogP contribution in [0.3, 0.4) is 0 Å². The summed E-state index contributed by atoms with van der Waals surface area (Å²) in [5.41, 5.74) is 2.49. The van der Waals surface area contributed by atoms with E-state index in [9.17, 15) is 25.2 Å². The molecule has 50 heavy (non-hydrogen) atoms. The normalized spacial score (nSPS) is 18.6. The molecule has 14 heteroatoms. The van der Waals surface area contributed by atoms with Crippen molar-refractivity contribution < 1.29 is 38.8 Å². The highest BCUT2D eigenvalue weighted by molar-refractivity contribution is 7.14. The van der Waals surface area contributed by atoms with Crippen LogP contribution in [0.4, 0.5) is 10.5 Å². The fourth-order valence-corrected chi connectivity index (χ4v) is 8.43. The van der Waals surface area contributed by atoms with Crippen LogP contribution in [0.2, 0.25) is 10.0 Å². The van der Waals surface area contributed by atoms with Gasteiger partial charge in [-0.15, -0.1) is 11.3 Å². The summed E-state index contributed by atoms with van der Waals surface area (Å²) < 4.78 is 17.9. The number of hydrogen-bond acceptors (Lipinski definition) is 9. The van der Waals surface area contributed by atoms with E-state index in [-0.39, 0.29) is 39.9 Å². The monoisotopic (exact) mass is 737 g/mol. The van der Waals surface area contributed by atoms with Crippen LogP contribution >= 0.6 is 34.5 Å². The number of rotatable bonds is 11. The van der Waals surface area contributed by atoms with Crippen molar-refractivity contribution in [3.63, 3.8) is 0 Å². The van der Waals surface area contributed by atoms with Gasteiger partial charge in [-0.05, 0) is 85.8 Å². The Morgan fingerprint density at radius 1 is 1.08 bits per heavy atom. The zero-order chi connectivity index (χ0) is 35.5. The van der Waals surface area contributed by atoms with E-state index in [0.29, 0.717) is 50.9 Å². The number of halogens is 2. The summed E-state index contributed by atoms with van der Waals surface area (Å²) in [5, 5.41) is 30.5. The Balaban J connectivity index is 1.41. The maximum atomic E-state index is 14.0. The molecular weight excluding hydrogens is 703 g/mol. The van der Waals surface area contributed by atoms with Crippen LogP contribution in [0, 0.1) is 17.2 Å². The predicted molar refractivity (Wildman–Crippen MR) is 187 cm³/mol. The number of thiophene rings is 1. The number of fused-ring (bicyclic) bond motifs is 3. The van der Waals surface area contributed by atoms with E-state index in [4.69, 9.17) is 37.4 Å². The molecule has 2 aromatic heterocycles. The predicted octanol–water partition coefficient (Wildman–Crippen LogP) is 6.78. The Hall–Kier alpha value is -4.54. The zero-order valence-corrected chi connectivity index (χ0v) is 29.7. The molecular formula is C36H35Cl2N4O7S+. The number of benzene rings is 2. The smallest absolute Gasteiger partial charge is 0.414 e. The van der Waals surface area contributed by atoms with Crippen molar-refractivity contribution in [1.29, 1.82) is 5.26 Å². The average molecular weight is 739 g/mol.